The van der Waals surface area contributed by atoms with Gasteiger partial charge in [-0.1, -0.05) is 12.1 Å². The second kappa shape index (κ2) is 7.56. The highest BCUT2D eigenvalue weighted by atomic mass is 32.1. The zero-order chi connectivity index (χ0) is 19.7. The van der Waals surface area contributed by atoms with Gasteiger partial charge in [0, 0.05) is 39.3 Å². The first-order valence-corrected chi connectivity index (χ1v) is 9.46. The summed E-state index contributed by atoms with van der Waals surface area (Å²) in [7, 11) is 3.23. The van der Waals surface area contributed by atoms with Crippen LogP contribution in [0.25, 0.3) is 0 Å². The number of benzene rings is 1. The van der Waals surface area contributed by atoms with Crippen molar-refractivity contribution in [2.75, 3.05) is 18.0 Å². The van der Waals surface area contributed by atoms with Crippen molar-refractivity contribution in [2.24, 2.45) is 19.2 Å². The molecule has 3 rings (SSSR count). The third-order valence-corrected chi connectivity index (χ3v) is 5.65. The molecule has 0 spiro atoms. The zero-order valence-corrected chi connectivity index (χ0v) is 16.9. The highest BCUT2D eigenvalue weighted by Gasteiger charge is 2.27. The SMILES string of the molecule is CCN(CC)c1ccc(C2CC(c3c(O)n(C)c(=S)n(C)c3=O)=NN2)cc1. The second-order valence-electron chi connectivity index (χ2n) is 6.61. The molecule has 1 unspecified atom stereocenters. The summed E-state index contributed by atoms with van der Waals surface area (Å²) in [4.78, 5) is 14.9. The van der Waals surface area contributed by atoms with E-state index in [2.05, 4.69) is 53.5 Å². The summed E-state index contributed by atoms with van der Waals surface area (Å²) < 4.78 is 3.02. The number of nitrogens with zero attached hydrogens (tertiary/aromatic N) is 4. The molecule has 8 heteroatoms. The molecule has 2 N–H and O–H groups in total. The lowest BCUT2D eigenvalue weighted by Crippen LogP contribution is -2.28. The van der Waals surface area contributed by atoms with Gasteiger partial charge in [0.15, 0.2) is 4.77 Å². The van der Waals surface area contributed by atoms with Crippen LogP contribution in [0.3, 0.4) is 0 Å². The van der Waals surface area contributed by atoms with Gasteiger partial charge in [0.2, 0.25) is 5.88 Å². The Bertz CT molecular complexity index is 987. The van der Waals surface area contributed by atoms with Crippen molar-refractivity contribution in [1.29, 1.82) is 0 Å². The smallest absolute Gasteiger partial charge is 0.267 e. The van der Waals surface area contributed by atoms with Gasteiger partial charge in [-0.3, -0.25) is 13.9 Å². The quantitative estimate of drug-likeness (QED) is 0.771. The maximum atomic E-state index is 12.6. The van der Waals surface area contributed by atoms with E-state index in [1.807, 2.05) is 0 Å². The Morgan fingerprint density at radius 1 is 1.22 bits per heavy atom. The molecular formula is C19H25N5O2S. The summed E-state index contributed by atoms with van der Waals surface area (Å²) in [5.74, 6) is -0.152. The van der Waals surface area contributed by atoms with Crippen LogP contribution in [0.2, 0.25) is 0 Å². The molecule has 0 fully saturated rings. The minimum Gasteiger partial charge on any atom is -0.494 e. The molecule has 0 radical (unpaired) electrons. The number of aromatic nitrogens is 2. The van der Waals surface area contributed by atoms with Crippen molar-refractivity contribution in [3.63, 3.8) is 0 Å². The fourth-order valence-corrected chi connectivity index (χ4v) is 3.55. The molecule has 144 valence electrons. The minimum atomic E-state index is -0.339. The topological polar surface area (TPSA) is 74.8 Å². The third kappa shape index (κ3) is 3.37. The highest BCUT2D eigenvalue weighted by molar-refractivity contribution is 7.71. The van der Waals surface area contributed by atoms with Gasteiger partial charge < -0.3 is 15.4 Å². The highest BCUT2D eigenvalue weighted by Crippen LogP contribution is 2.27. The maximum absolute atomic E-state index is 12.6. The number of aromatic hydroxyl groups is 1. The van der Waals surface area contributed by atoms with E-state index >= 15 is 0 Å². The van der Waals surface area contributed by atoms with E-state index in [4.69, 9.17) is 12.2 Å². The number of hydrogen-bond acceptors (Lipinski definition) is 6. The van der Waals surface area contributed by atoms with Crippen molar-refractivity contribution in [1.82, 2.24) is 14.6 Å². The van der Waals surface area contributed by atoms with Gasteiger partial charge in [-0.15, -0.1) is 0 Å². The van der Waals surface area contributed by atoms with Crippen LogP contribution < -0.4 is 15.9 Å². The normalized spacial score (nSPS) is 16.1. The molecule has 1 aromatic heterocycles. The first-order chi connectivity index (χ1) is 12.9. The standard InChI is InChI=1S/C19H25N5O2S/c1-5-24(6-2)13-9-7-12(8-10-13)14-11-15(21-20-14)16-17(25)22(3)19(27)23(4)18(16)26/h7-10,14,20,25H,5-6,11H2,1-4H3. The summed E-state index contributed by atoms with van der Waals surface area (Å²) in [5, 5.41) is 14.7. The number of rotatable bonds is 5. The Morgan fingerprint density at radius 2 is 1.85 bits per heavy atom. The zero-order valence-electron chi connectivity index (χ0n) is 16.1. The molecule has 0 saturated heterocycles. The van der Waals surface area contributed by atoms with Crippen LogP contribution in [0.5, 0.6) is 5.88 Å². The Morgan fingerprint density at radius 3 is 2.44 bits per heavy atom. The van der Waals surface area contributed by atoms with Crippen LogP contribution in [0.15, 0.2) is 34.2 Å². The maximum Gasteiger partial charge on any atom is 0.267 e. The molecule has 1 atom stereocenters. The summed E-state index contributed by atoms with van der Waals surface area (Å²) in [6.45, 7) is 6.20. The predicted molar refractivity (Wildman–Crippen MR) is 110 cm³/mol. The second-order valence-corrected chi connectivity index (χ2v) is 6.98. The third-order valence-electron chi connectivity index (χ3n) is 5.10. The lowest BCUT2D eigenvalue weighted by molar-refractivity contribution is 0.414. The lowest BCUT2D eigenvalue weighted by atomic mass is 9.99. The molecule has 2 aromatic rings. The summed E-state index contributed by atoms with van der Waals surface area (Å²) in [6.07, 6.45) is 0.518. The lowest BCUT2D eigenvalue weighted by Gasteiger charge is -2.21. The largest absolute Gasteiger partial charge is 0.494 e. The van der Waals surface area contributed by atoms with Crippen LogP contribution >= 0.6 is 12.2 Å². The van der Waals surface area contributed by atoms with E-state index in [9.17, 15) is 9.90 Å². The van der Waals surface area contributed by atoms with Crippen LogP contribution in [0.4, 0.5) is 5.69 Å². The Balaban J connectivity index is 1.86. The summed E-state index contributed by atoms with van der Waals surface area (Å²) in [5.41, 5.74) is 5.75. The van der Waals surface area contributed by atoms with E-state index in [0.717, 1.165) is 18.7 Å². The monoisotopic (exact) mass is 387 g/mol. The Labute approximate surface area is 163 Å². The van der Waals surface area contributed by atoms with E-state index in [1.54, 1.807) is 14.1 Å². The van der Waals surface area contributed by atoms with Gasteiger partial charge in [-0.2, -0.15) is 5.10 Å². The number of hydrogen-bond donors (Lipinski definition) is 2. The van der Waals surface area contributed by atoms with Gasteiger partial charge in [0.25, 0.3) is 5.56 Å². The molecule has 1 aromatic carbocycles. The first kappa shape index (κ1) is 19.2. The summed E-state index contributed by atoms with van der Waals surface area (Å²) in [6, 6.07) is 8.32. The van der Waals surface area contributed by atoms with Crippen molar-refractivity contribution in [2.45, 2.75) is 26.3 Å². The molecule has 2 heterocycles. The molecule has 0 amide bonds. The van der Waals surface area contributed by atoms with Crippen molar-refractivity contribution in [3.8, 4) is 5.88 Å². The molecule has 1 aliphatic rings. The first-order valence-electron chi connectivity index (χ1n) is 9.05. The van der Waals surface area contributed by atoms with E-state index in [0.29, 0.717) is 12.1 Å². The molecule has 0 aliphatic carbocycles. The van der Waals surface area contributed by atoms with Crippen LogP contribution in [0, 0.1) is 4.77 Å². The number of anilines is 1. The van der Waals surface area contributed by atoms with Crippen molar-refractivity contribution in [3.05, 3.63) is 50.5 Å². The molecule has 0 saturated carbocycles. The van der Waals surface area contributed by atoms with E-state index in [-0.39, 0.29) is 27.8 Å². The van der Waals surface area contributed by atoms with E-state index in [1.165, 1.54) is 14.8 Å². The fraction of sp³-hybridized carbons (Fsp3) is 0.421. The molecule has 7 nitrogen and oxygen atoms in total. The fourth-order valence-electron chi connectivity index (χ4n) is 3.38. The number of nitrogens with one attached hydrogen (secondary N) is 1. The van der Waals surface area contributed by atoms with Crippen LogP contribution in [-0.2, 0) is 14.1 Å². The van der Waals surface area contributed by atoms with Gasteiger partial charge in [0.05, 0.1) is 11.8 Å². The van der Waals surface area contributed by atoms with Crippen LogP contribution in [0.1, 0.15) is 37.4 Å². The molecule has 0 bridgehead atoms. The van der Waals surface area contributed by atoms with Gasteiger partial charge in [0.1, 0.15) is 5.56 Å². The van der Waals surface area contributed by atoms with Crippen LogP contribution in [-0.4, -0.2) is 33.0 Å². The minimum absolute atomic E-state index is 0.0386. The summed E-state index contributed by atoms with van der Waals surface area (Å²) >= 11 is 5.16. The molecule has 27 heavy (non-hydrogen) atoms. The Kier molecular flexibility index (Phi) is 5.36. The van der Waals surface area contributed by atoms with Gasteiger partial charge >= 0.3 is 0 Å². The Hall–Kier alpha value is -2.61. The van der Waals surface area contributed by atoms with Crippen molar-refractivity contribution >= 4 is 23.6 Å². The molecule has 1 aliphatic heterocycles. The van der Waals surface area contributed by atoms with Gasteiger partial charge in [-0.05, 0) is 43.8 Å². The average Bonchev–Trinajstić information content (AvgIpc) is 3.16. The average molecular weight is 388 g/mol. The van der Waals surface area contributed by atoms with Crippen molar-refractivity contribution < 1.29 is 5.11 Å². The van der Waals surface area contributed by atoms with E-state index < -0.39 is 0 Å². The number of hydrazone groups is 1. The van der Waals surface area contributed by atoms with Gasteiger partial charge in [-0.25, -0.2) is 0 Å². The predicted octanol–water partition coefficient (Wildman–Crippen LogP) is 2.44. The molecular weight excluding hydrogens is 362 g/mol.